The third-order valence-corrected chi connectivity index (χ3v) is 3.39. The summed E-state index contributed by atoms with van der Waals surface area (Å²) in [6.45, 7) is 1.06. The third-order valence-electron chi connectivity index (χ3n) is 3.39. The molecular weight excluding hydrogens is 216 g/mol. The SMILES string of the molecule is O=C(O)CCCCC1=NC2NCCCC2C=C1. The van der Waals surface area contributed by atoms with Crippen LogP contribution >= 0.6 is 0 Å². The van der Waals surface area contributed by atoms with Crippen molar-refractivity contribution in [3.8, 4) is 0 Å². The number of carbonyl (C=O) groups is 1. The van der Waals surface area contributed by atoms with Crippen molar-refractivity contribution in [2.24, 2.45) is 10.9 Å². The van der Waals surface area contributed by atoms with E-state index in [1.54, 1.807) is 0 Å². The van der Waals surface area contributed by atoms with Crippen molar-refractivity contribution in [2.75, 3.05) is 6.54 Å². The molecule has 0 spiro atoms. The monoisotopic (exact) mass is 236 g/mol. The summed E-state index contributed by atoms with van der Waals surface area (Å²) < 4.78 is 0. The lowest BCUT2D eigenvalue weighted by Crippen LogP contribution is -2.41. The summed E-state index contributed by atoms with van der Waals surface area (Å²) in [4.78, 5) is 15.1. The lowest BCUT2D eigenvalue weighted by atomic mass is 9.92. The number of dihydropyridines is 1. The lowest BCUT2D eigenvalue weighted by Gasteiger charge is -2.30. The van der Waals surface area contributed by atoms with Crippen LogP contribution in [-0.2, 0) is 4.79 Å². The zero-order valence-corrected chi connectivity index (χ0v) is 10.1. The quantitative estimate of drug-likeness (QED) is 0.717. The van der Waals surface area contributed by atoms with E-state index in [0.717, 1.165) is 31.5 Å². The van der Waals surface area contributed by atoms with Crippen LogP contribution in [0, 0.1) is 5.92 Å². The number of allylic oxidation sites excluding steroid dienone is 1. The third kappa shape index (κ3) is 3.66. The Bertz CT molecular complexity index is 336. The van der Waals surface area contributed by atoms with E-state index in [-0.39, 0.29) is 12.6 Å². The van der Waals surface area contributed by atoms with E-state index in [1.165, 1.54) is 12.8 Å². The number of fused-ring (bicyclic) bond motifs is 1. The van der Waals surface area contributed by atoms with Crippen LogP contribution in [0.1, 0.15) is 38.5 Å². The molecule has 0 radical (unpaired) electrons. The molecule has 0 amide bonds. The maximum absolute atomic E-state index is 10.4. The molecule has 0 aromatic rings. The molecule has 94 valence electrons. The summed E-state index contributed by atoms with van der Waals surface area (Å²) in [5.41, 5.74) is 1.12. The molecule has 4 nitrogen and oxygen atoms in total. The summed E-state index contributed by atoms with van der Waals surface area (Å²) in [6.07, 6.45) is 9.92. The Morgan fingerprint density at radius 2 is 2.41 bits per heavy atom. The number of rotatable bonds is 5. The Labute approximate surface area is 102 Å². The van der Waals surface area contributed by atoms with Crippen molar-refractivity contribution in [1.29, 1.82) is 0 Å². The summed E-state index contributed by atoms with van der Waals surface area (Å²) in [5, 5.41) is 12.0. The van der Waals surface area contributed by atoms with E-state index in [1.807, 2.05) is 0 Å². The molecule has 2 rings (SSSR count). The molecule has 2 unspecified atom stereocenters. The number of unbranched alkanes of at least 4 members (excludes halogenated alkanes) is 1. The van der Waals surface area contributed by atoms with Crippen molar-refractivity contribution in [3.63, 3.8) is 0 Å². The Hall–Kier alpha value is -1.16. The van der Waals surface area contributed by atoms with Gasteiger partial charge in [-0.25, -0.2) is 0 Å². The van der Waals surface area contributed by atoms with E-state index < -0.39 is 5.97 Å². The first-order chi connectivity index (χ1) is 8.25. The summed E-state index contributed by atoms with van der Waals surface area (Å²) >= 11 is 0. The van der Waals surface area contributed by atoms with Gasteiger partial charge in [0.25, 0.3) is 0 Å². The largest absolute Gasteiger partial charge is 0.481 e. The molecule has 4 heteroatoms. The Balaban J connectivity index is 1.76. The number of carboxylic acid groups (broad SMARTS) is 1. The molecule has 0 aliphatic carbocycles. The first-order valence-electron chi connectivity index (χ1n) is 6.46. The number of piperidine rings is 1. The number of aliphatic imine (C=N–C) groups is 1. The molecule has 0 aromatic heterocycles. The van der Waals surface area contributed by atoms with Crippen molar-refractivity contribution >= 4 is 11.7 Å². The van der Waals surface area contributed by atoms with Crippen molar-refractivity contribution in [2.45, 2.75) is 44.7 Å². The Kier molecular flexibility index (Phi) is 4.31. The second-order valence-electron chi connectivity index (χ2n) is 4.79. The molecule has 2 atom stereocenters. The predicted molar refractivity (Wildman–Crippen MR) is 67.2 cm³/mol. The average Bonchev–Trinajstić information content (AvgIpc) is 2.34. The van der Waals surface area contributed by atoms with Gasteiger partial charge in [0.15, 0.2) is 0 Å². The van der Waals surface area contributed by atoms with Gasteiger partial charge in [-0.1, -0.05) is 6.08 Å². The summed E-state index contributed by atoms with van der Waals surface area (Å²) in [6, 6.07) is 0. The minimum absolute atomic E-state index is 0.265. The number of aliphatic carboxylic acids is 1. The number of hydrogen-bond acceptors (Lipinski definition) is 3. The van der Waals surface area contributed by atoms with Gasteiger partial charge in [0, 0.05) is 18.1 Å². The summed E-state index contributed by atoms with van der Waals surface area (Å²) in [5.74, 6) is -0.147. The second kappa shape index (κ2) is 5.96. The van der Waals surface area contributed by atoms with E-state index in [4.69, 9.17) is 10.1 Å². The first-order valence-corrected chi connectivity index (χ1v) is 6.46. The predicted octanol–water partition coefficient (Wildman–Crippen LogP) is 1.97. The zero-order chi connectivity index (χ0) is 12.1. The molecule has 0 bridgehead atoms. The molecular formula is C13H20N2O2. The Morgan fingerprint density at radius 3 is 3.24 bits per heavy atom. The molecule has 1 saturated heterocycles. The van der Waals surface area contributed by atoms with Crippen molar-refractivity contribution in [1.82, 2.24) is 5.32 Å². The van der Waals surface area contributed by atoms with Gasteiger partial charge in [-0.2, -0.15) is 0 Å². The lowest BCUT2D eigenvalue weighted by molar-refractivity contribution is -0.137. The number of nitrogens with zero attached hydrogens (tertiary/aromatic N) is 1. The second-order valence-corrected chi connectivity index (χ2v) is 4.79. The molecule has 17 heavy (non-hydrogen) atoms. The molecule has 2 N–H and O–H groups in total. The maximum Gasteiger partial charge on any atom is 0.303 e. The van der Waals surface area contributed by atoms with Crippen LogP contribution < -0.4 is 5.32 Å². The minimum Gasteiger partial charge on any atom is -0.481 e. The average molecular weight is 236 g/mol. The van der Waals surface area contributed by atoms with Gasteiger partial charge in [-0.05, 0) is 44.7 Å². The van der Waals surface area contributed by atoms with Crippen LogP contribution in [-0.4, -0.2) is 29.5 Å². The molecule has 0 saturated carbocycles. The zero-order valence-electron chi connectivity index (χ0n) is 10.1. The number of hydrogen-bond donors (Lipinski definition) is 2. The normalized spacial score (nSPS) is 27.4. The fraction of sp³-hybridized carbons (Fsp3) is 0.692. The molecule has 1 fully saturated rings. The molecule has 0 aromatic carbocycles. The Morgan fingerprint density at radius 1 is 1.53 bits per heavy atom. The van der Waals surface area contributed by atoms with E-state index >= 15 is 0 Å². The topological polar surface area (TPSA) is 61.7 Å². The number of carboxylic acids is 1. The fourth-order valence-electron chi connectivity index (χ4n) is 2.43. The maximum atomic E-state index is 10.4. The van der Waals surface area contributed by atoms with Gasteiger partial charge in [0.05, 0.1) is 0 Å². The number of nitrogens with one attached hydrogen (secondary N) is 1. The highest BCUT2D eigenvalue weighted by atomic mass is 16.4. The van der Waals surface area contributed by atoms with E-state index in [0.29, 0.717) is 5.92 Å². The van der Waals surface area contributed by atoms with Gasteiger partial charge in [0.1, 0.15) is 6.17 Å². The molecule has 2 aliphatic rings. The standard InChI is InChI=1S/C13H20N2O2/c16-12(17)6-2-1-5-11-8-7-10-4-3-9-14-13(10)15-11/h7-8,10,13-14H,1-6,9H2,(H,16,17). The van der Waals surface area contributed by atoms with Gasteiger partial charge in [-0.3, -0.25) is 15.1 Å². The van der Waals surface area contributed by atoms with Crippen LogP contribution in [0.2, 0.25) is 0 Å². The fourth-order valence-corrected chi connectivity index (χ4v) is 2.43. The van der Waals surface area contributed by atoms with Gasteiger partial charge >= 0.3 is 5.97 Å². The minimum atomic E-state index is -0.708. The van der Waals surface area contributed by atoms with Crippen molar-refractivity contribution in [3.05, 3.63) is 12.2 Å². The smallest absolute Gasteiger partial charge is 0.303 e. The van der Waals surface area contributed by atoms with Crippen molar-refractivity contribution < 1.29 is 9.90 Å². The summed E-state index contributed by atoms with van der Waals surface area (Å²) in [7, 11) is 0. The molecule has 2 heterocycles. The van der Waals surface area contributed by atoms with Crippen LogP contribution in [0.4, 0.5) is 0 Å². The highest BCUT2D eigenvalue weighted by Crippen LogP contribution is 2.23. The van der Waals surface area contributed by atoms with E-state index in [2.05, 4.69) is 17.5 Å². The van der Waals surface area contributed by atoms with Crippen LogP contribution in [0.3, 0.4) is 0 Å². The van der Waals surface area contributed by atoms with Gasteiger partial charge in [0.2, 0.25) is 0 Å². The highest BCUT2D eigenvalue weighted by molar-refractivity contribution is 5.95. The van der Waals surface area contributed by atoms with Crippen LogP contribution in [0.5, 0.6) is 0 Å². The van der Waals surface area contributed by atoms with Gasteiger partial charge in [-0.15, -0.1) is 0 Å². The van der Waals surface area contributed by atoms with Crippen LogP contribution in [0.15, 0.2) is 17.1 Å². The van der Waals surface area contributed by atoms with E-state index in [9.17, 15) is 4.79 Å². The first kappa shape index (κ1) is 12.3. The van der Waals surface area contributed by atoms with Gasteiger partial charge < -0.3 is 5.11 Å². The molecule has 2 aliphatic heterocycles. The highest BCUT2D eigenvalue weighted by Gasteiger charge is 2.24. The van der Waals surface area contributed by atoms with Crippen LogP contribution in [0.25, 0.3) is 0 Å².